The second-order valence-corrected chi connectivity index (χ2v) is 14.3. The molecule has 0 spiro atoms. The van der Waals surface area contributed by atoms with Crippen molar-refractivity contribution < 1.29 is 43.5 Å². The fourth-order valence-corrected chi connectivity index (χ4v) is 6.85. The summed E-state index contributed by atoms with van der Waals surface area (Å²) >= 11 is 7.08. The normalized spacial score (nSPS) is 13.7. The lowest BCUT2D eigenvalue weighted by atomic mass is 9.92. The maximum atomic E-state index is 11.7. The van der Waals surface area contributed by atoms with Crippen LogP contribution in [0.5, 0.6) is 23.5 Å². The molecule has 0 radical (unpaired) electrons. The summed E-state index contributed by atoms with van der Waals surface area (Å²) in [5.74, 6) is -0.685. The Morgan fingerprint density at radius 3 is 1.74 bits per heavy atom. The Kier molecular flexibility index (Phi) is 14.2. The van der Waals surface area contributed by atoms with E-state index in [1.54, 1.807) is 12.1 Å². The number of carbonyl (C=O) groups excluding carboxylic acids is 1. The molecule has 1 aliphatic rings. The second kappa shape index (κ2) is 19.0. The maximum Gasteiger partial charge on any atom is 0.317 e. The van der Waals surface area contributed by atoms with Crippen LogP contribution in [-0.4, -0.2) is 70.9 Å². The molecule has 1 fully saturated rings. The quantitative estimate of drug-likeness (QED) is 0.0800. The number of aromatic nitrogens is 2. The zero-order chi connectivity index (χ0) is 38.8. The van der Waals surface area contributed by atoms with Crippen molar-refractivity contribution in [2.24, 2.45) is 0 Å². The van der Waals surface area contributed by atoms with Crippen LogP contribution in [0.3, 0.4) is 0 Å². The van der Waals surface area contributed by atoms with E-state index >= 15 is 0 Å². The number of ether oxygens (including phenoxy) is 4. The van der Waals surface area contributed by atoms with E-state index in [0.717, 1.165) is 33.4 Å². The molecule has 0 unspecified atom stereocenters. The van der Waals surface area contributed by atoms with Gasteiger partial charge in [-0.25, -0.2) is 0 Å². The van der Waals surface area contributed by atoms with Gasteiger partial charge in [-0.2, -0.15) is 9.97 Å². The van der Waals surface area contributed by atoms with Gasteiger partial charge in [-0.1, -0.05) is 36.4 Å². The van der Waals surface area contributed by atoms with E-state index in [4.69, 9.17) is 29.2 Å². The summed E-state index contributed by atoms with van der Waals surface area (Å²) in [6.45, 7) is 4.81. The van der Waals surface area contributed by atoms with Gasteiger partial charge >= 0.3 is 11.9 Å². The number of nitrogens with zero attached hydrogens (tertiary/aromatic N) is 2. The SMILES string of the molecule is COc1nc(OCc2cccc(-c3cccc(COc4nc(OC[C@H]5CCC(=O)N5)c(CNCC(=O)O)cc4Br)c3C)c2C)c(Br)cc1CNCC(=O)O. The Balaban J connectivity index is 1.30. The van der Waals surface area contributed by atoms with Crippen LogP contribution >= 0.6 is 31.9 Å². The van der Waals surface area contributed by atoms with E-state index in [9.17, 15) is 14.4 Å². The predicted octanol–water partition coefficient (Wildman–Crippen LogP) is 5.46. The van der Waals surface area contributed by atoms with E-state index in [0.29, 0.717) is 50.6 Å². The van der Waals surface area contributed by atoms with Crippen LogP contribution in [0.15, 0.2) is 57.5 Å². The number of carboxylic acid groups (broad SMARTS) is 2. The number of halogens is 2. The average molecular weight is 872 g/mol. The molecular formula is C38H41Br2N5O9. The number of methoxy groups -OCH3 is 1. The molecule has 3 heterocycles. The van der Waals surface area contributed by atoms with Crippen molar-refractivity contribution in [3.8, 4) is 34.6 Å². The highest BCUT2D eigenvalue weighted by atomic mass is 79.9. The third-order valence-electron chi connectivity index (χ3n) is 8.76. The van der Waals surface area contributed by atoms with Crippen LogP contribution in [0.25, 0.3) is 11.1 Å². The van der Waals surface area contributed by atoms with Gasteiger partial charge in [-0.15, -0.1) is 0 Å². The van der Waals surface area contributed by atoms with Crippen LogP contribution in [0.2, 0.25) is 0 Å². The van der Waals surface area contributed by atoms with Crippen molar-refractivity contribution in [1.82, 2.24) is 25.9 Å². The molecule has 16 heteroatoms. The molecule has 1 amide bonds. The number of carboxylic acids is 2. The third-order valence-corrected chi connectivity index (χ3v) is 9.90. The lowest BCUT2D eigenvalue weighted by Gasteiger charge is -2.18. The lowest BCUT2D eigenvalue weighted by molar-refractivity contribution is -0.137. The van der Waals surface area contributed by atoms with Crippen molar-refractivity contribution in [3.63, 3.8) is 0 Å². The number of nitrogens with one attached hydrogen (secondary N) is 3. The molecule has 0 bridgehead atoms. The molecular weight excluding hydrogens is 830 g/mol. The summed E-state index contributed by atoms with van der Waals surface area (Å²) < 4.78 is 25.1. The monoisotopic (exact) mass is 869 g/mol. The second-order valence-electron chi connectivity index (χ2n) is 12.5. The smallest absolute Gasteiger partial charge is 0.317 e. The number of hydrogen-bond donors (Lipinski definition) is 5. The number of hydrogen-bond acceptors (Lipinski definition) is 11. The predicted molar refractivity (Wildman–Crippen MR) is 206 cm³/mol. The molecule has 5 rings (SSSR count). The molecule has 2 aromatic carbocycles. The van der Waals surface area contributed by atoms with Gasteiger partial charge in [0.25, 0.3) is 0 Å². The first-order chi connectivity index (χ1) is 25.9. The highest BCUT2D eigenvalue weighted by Gasteiger charge is 2.23. The van der Waals surface area contributed by atoms with Gasteiger partial charge in [0.15, 0.2) is 0 Å². The zero-order valence-electron chi connectivity index (χ0n) is 30.0. The van der Waals surface area contributed by atoms with Crippen molar-refractivity contribution in [1.29, 1.82) is 0 Å². The number of benzene rings is 2. The summed E-state index contributed by atoms with van der Waals surface area (Å²) in [4.78, 5) is 42.8. The first-order valence-corrected chi connectivity index (χ1v) is 18.6. The summed E-state index contributed by atoms with van der Waals surface area (Å²) in [6, 6.07) is 15.5. The topological polar surface area (TPSA) is 190 Å². The lowest BCUT2D eigenvalue weighted by Crippen LogP contribution is -2.31. The molecule has 0 saturated carbocycles. The summed E-state index contributed by atoms with van der Waals surface area (Å²) in [6.07, 6.45) is 1.10. The fraction of sp³-hybridized carbons (Fsp3) is 0.342. The van der Waals surface area contributed by atoms with Crippen molar-refractivity contribution in [2.75, 3.05) is 26.8 Å². The Bertz CT molecular complexity index is 2010. The van der Waals surface area contributed by atoms with Crippen molar-refractivity contribution in [3.05, 3.63) is 90.9 Å². The van der Waals surface area contributed by atoms with E-state index in [-0.39, 0.29) is 63.8 Å². The van der Waals surface area contributed by atoms with Gasteiger partial charge in [-0.3, -0.25) is 14.4 Å². The van der Waals surface area contributed by atoms with E-state index < -0.39 is 11.9 Å². The minimum absolute atomic E-state index is 0.0214. The largest absolute Gasteiger partial charge is 0.481 e. The van der Waals surface area contributed by atoms with Crippen LogP contribution in [-0.2, 0) is 40.7 Å². The molecule has 2 aromatic heterocycles. The van der Waals surface area contributed by atoms with Crippen molar-refractivity contribution in [2.45, 2.75) is 59.0 Å². The first kappa shape index (κ1) is 40.4. The third kappa shape index (κ3) is 10.7. The number of pyridine rings is 2. The van der Waals surface area contributed by atoms with Crippen LogP contribution in [0, 0.1) is 13.8 Å². The van der Waals surface area contributed by atoms with Gasteiger partial charge in [0.05, 0.1) is 35.2 Å². The molecule has 0 aliphatic carbocycles. The molecule has 5 N–H and O–H groups in total. The first-order valence-electron chi connectivity index (χ1n) is 17.1. The number of aliphatic carboxylic acids is 2. The van der Waals surface area contributed by atoms with Gasteiger partial charge in [0.1, 0.15) is 19.8 Å². The van der Waals surface area contributed by atoms with Gasteiger partial charge in [0, 0.05) is 30.6 Å². The van der Waals surface area contributed by atoms with Crippen LogP contribution < -0.4 is 34.9 Å². The standard InChI is InChI=1S/C38H41Br2N5O9/c1-21-23(18-52-37-30(39)12-25(35(44-37)51-3)14-41-16-33(47)48)6-4-8-28(21)29-9-5-7-24(22(29)2)19-53-38-31(40)13-26(15-42-17-34(49)50)36(45-38)54-20-27-10-11-32(46)43-27/h4-9,12-13,27,41-42H,10-11,14-20H2,1-3H3,(H,43,46)(H,47,48)(H,49,50)/t27-/m1/s1. The van der Waals surface area contributed by atoms with Crippen LogP contribution in [0.1, 0.15) is 46.2 Å². The van der Waals surface area contributed by atoms with E-state index in [1.807, 2.05) is 38.1 Å². The Labute approximate surface area is 329 Å². The van der Waals surface area contributed by atoms with E-state index in [1.165, 1.54) is 7.11 Å². The highest BCUT2D eigenvalue weighted by molar-refractivity contribution is 9.10. The molecule has 1 atom stereocenters. The van der Waals surface area contributed by atoms with Crippen LogP contribution in [0.4, 0.5) is 0 Å². The minimum atomic E-state index is -0.981. The zero-order valence-corrected chi connectivity index (χ0v) is 33.1. The Morgan fingerprint density at radius 1 is 0.778 bits per heavy atom. The van der Waals surface area contributed by atoms with Gasteiger partial charge in [-0.05, 0) is 97.6 Å². The molecule has 54 heavy (non-hydrogen) atoms. The maximum absolute atomic E-state index is 11.7. The fourth-order valence-electron chi connectivity index (χ4n) is 5.89. The Morgan fingerprint density at radius 2 is 1.28 bits per heavy atom. The Hall–Kier alpha value is -4.77. The average Bonchev–Trinajstić information content (AvgIpc) is 3.56. The summed E-state index contributed by atoms with van der Waals surface area (Å²) in [7, 11) is 1.50. The van der Waals surface area contributed by atoms with Gasteiger partial charge in [0.2, 0.25) is 29.4 Å². The van der Waals surface area contributed by atoms with Gasteiger partial charge < -0.3 is 45.1 Å². The number of amides is 1. The molecule has 4 aromatic rings. The summed E-state index contributed by atoms with van der Waals surface area (Å²) in [5.41, 5.74) is 7.36. The number of rotatable bonds is 19. The molecule has 14 nitrogen and oxygen atoms in total. The highest BCUT2D eigenvalue weighted by Crippen LogP contribution is 2.34. The van der Waals surface area contributed by atoms with Crippen molar-refractivity contribution >= 4 is 49.7 Å². The molecule has 286 valence electrons. The molecule has 1 aliphatic heterocycles. The molecule has 1 saturated heterocycles. The summed E-state index contributed by atoms with van der Waals surface area (Å²) in [5, 5.41) is 26.6. The number of carbonyl (C=O) groups is 3. The minimum Gasteiger partial charge on any atom is -0.481 e. The van der Waals surface area contributed by atoms with E-state index in [2.05, 4.69) is 69.9 Å².